The molecule has 2 heterocycles. The summed E-state index contributed by atoms with van der Waals surface area (Å²) in [6.07, 6.45) is 5.38. The predicted molar refractivity (Wildman–Crippen MR) is 107 cm³/mol. The zero-order chi connectivity index (χ0) is 18.5. The molecule has 1 fully saturated rings. The Kier molecular flexibility index (Phi) is 6.15. The van der Waals surface area contributed by atoms with Crippen LogP contribution >= 0.6 is 0 Å². The third kappa shape index (κ3) is 4.55. The highest BCUT2D eigenvalue weighted by Crippen LogP contribution is 2.19. The fourth-order valence-electron chi connectivity index (χ4n) is 4.03. The lowest BCUT2D eigenvalue weighted by molar-refractivity contribution is 0.0730. The van der Waals surface area contributed by atoms with Crippen LogP contribution in [-0.2, 0) is 6.42 Å². The summed E-state index contributed by atoms with van der Waals surface area (Å²) in [5.41, 5.74) is 4.57. The minimum atomic E-state index is 0.126. The molecule has 1 amide bonds. The quantitative estimate of drug-likeness (QED) is 0.861. The van der Waals surface area contributed by atoms with Crippen molar-refractivity contribution in [3.05, 3.63) is 58.9 Å². The van der Waals surface area contributed by atoms with Gasteiger partial charge >= 0.3 is 0 Å². The topological polar surface area (TPSA) is 39.3 Å². The minimum absolute atomic E-state index is 0.126. The van der Waals surface area contributed by atoms with E-state index in [1.807, 2.05) is 31.1 Å². The molecule has 0 saturated carbocycles. The van der Waals surface area contributed by atoms with Crippen molar-refractivity contribution >= 4 is 5.91 Å². The van der Waals surface area contributed by atoms with Gasteiger partial charge in [0.1, 0.15) is 0 Å². The maximum Gasteiger partial charge on any atom is 0.255 e. The first-order chi connectivity index (χ1) is 12.5. The summed E-state index contributed by atoms with van der Waals surface area (Å²) in [6.45, 7) is 8.36. The van der Waals surface area contributed by atoms with Crippen LogP contribution in [0.3, 0.4) is 0 Å². The van der Waals surface area contributed by atoms with Crippen molar-refractivity contribution in [2.45, 2.75) is 33.1 Å². The van der Waals surface area contributed by atoms with Crippen LogP contribution in [-0.4, -0.2) is 53.9 Å². The van der Waals surface area contributed by atoms with Crippen molar-refractivity contribution in [3.63, 3.8) is 0 Å². The van der Waals surface area contributed by atoms with Crippen LogP contribution in [0.25, 0.3) is 0 Å². The van der Waals surface area contributed by atoms with Gasteiger partial charge in [-0.2, -0.15) is 0 Å². The number of aryl methyl sites for hydroxylation is 2. The molecule has 1 saturated heterocycles. The Labute approximate surface area is 157 Å². The number of carbonyl (C=O) groups excluding carboxylic acids is 1. The molecule has 2 aromatic rings. The number of aromatic amines is 1. The van der Waals surface area contributed by atoms with Gasteiger partial charge in [-0.15, -0.1) is 0 Å². The van der Waals surface area contributed by atoms with Gasteiger partial charge in [-0.05, 0) is 62.8 Å². The number of carbonyl (C=O) groups is 1. The second-order valence-corrected chi connectivity index (χ2v) is 7.69. The zero-order valence-corrected chi connectivity index (χ0v) is 16.3. The molecule has 1 aromatic carbocycles. The monoisotopic (exact) mass is 353 g/mol. The number of H-pyrrole nitrogens is 1. The van der Waals surface area contributed by atoms with E-state index >= 15 is 0 Å². The second kappa shape index (κ2) is 8.54. The normalized spacial score (nSPS) is 18.0. The minimum Gasteiger partial charge on any atom is -0.365 e. The van der Waals surface area contributed by atoms with E-state index in [9.17, 15) is 4.79 Å². The number of nitrogens with one attached hydrogen (secondary N) is 1. The summed E-state index contributed by atoms with van der Waals surface area (Å²) in [5, 5.41) is 0. The highest BCUT2D eigenvalue weighted by Gasteiger charge is 2.23. The summed E-state index contributed by atoms with van der Waals surface area (Å²) >= 11 is 0. The molecule has 0 aliphatic carbocycles. The van der Waals surface area contributed by atoms with Crippen LogP contribution in [0.4, 0.5) is 0 Å². The van der Waals surface area contributed by atoms with Crippen molar-refractivity contribution in [1.82, 2.24) is 14.8 Å². The molecular formula is C22H31N3O. The van der Waals surface area contributed by atoms with Crippen molar-refractivity contribution in [3.8, 4) is 0 Å². The molecule has 26 heavy (non-hydrogen) atoms. The summed E-state index contributed by atoms with van der Waals surface area (Å²) in [4.78, 5) is 20.2. The van der Waals surface area contributed by atoms with Gasteiger partial charge in [0.05, 0.1) is 5.56 Å². The Balaban J connectivity index is 1.51. The molecule has 1 N–H and O–H groups in total. The number of amides is 1. The third-order valence-electron chi connectivity index (χ3n) is 5.62. The number of nitrogens with zero attached hydrogens (tertiary/aromatic N) is 2. The zero-order valence-electron chi connectivity index (χ0n) is 16.3. The molecule has 1 aromatic heterocycles. The van der Waals surface area contributed by atoms with Crippen LogP contribution in [0.5, 0.6) is 0 Å². The van der Waals surface area contributed by atoms with Crippen LogP contribution in [0.2, 0.25) is 0 Å². The summed E-state index contributed by atoms with van der Waals surface area (Å²) < 4.78 is 0. The Bertz CT molecular complexity index is 736. The lowest BCUT2D eigenvalue weighted by Crippen LogP contribution is -2.42. The van der Waals surface area contributed by atoms with Crippen LogP contribution in [0.1, 0.15) is 40.0 Å². The summed E-state index contributed by atoms with van der Waals surface area (Å²) in [7, 11) is 1.93. The Hall–Kier alpha value is -2.07. The van der Waals surface area contributed by atoms with E-state index in [4.69, 9.17) is 0 Å². The smallest absolute Gasteiger partial charge is 0.255 e. The average molecular weight is 354 g/mol. The fourth-order valence-corrected chi connectivity index (χ4v) is 4.03. The Morgan fingerprint density at radius 3 is 2.81 bits per heavy atom. The first kappa shape index (κ1) is 18.7. The van der Waals surface area contributed by atoms with Crippen LogP contribution in [0, 0.1) is 19.8 Å². The number of benzene rings is 1. The van der Waals surface area contributed by atoms with Crippen LogP contribution < -0.4 is 0 Å². The summed E-state index contributed by atoms with van der Waals surface area (Å²) in [5.74, 6) is 0.689. The molecule has 1 aliphatic rings. The molecule has 3 rings (SSSR count). The lowest BCUT2D eigenvalue weighted by atomic mass is 9.96. The number of rotatable bonds is 6. The van der Waals surface area contributed by atoms with Gasteiger partial charge in [-0.25, -0.2) is 0 Å². The van der Waals surface area contributed by atoms with Gasteiger partial charge in [0.2, 0.25) is 0 Å². The number of aromatic nitrogens is 1. The molecule has 140 valence electrons. The molecular weight excluding hydrogens is 322 g/mol. The van der Waals surface area contributed by atoms with Gasteiger partial charge in [-0.3, -0.25) is 4.79 Å². The van der Waals surface area contributed by atoms with E-state index in [1.54, 1.807) is 0 Å². The standard InChI is InChI=1S/C22H31N3O/c1-17-7-4-5-9-20(17)11-14-25-13-6-8-19(16-25)15-24(3)22(26)21-10-12-23-18(21)2/h4-5,7,9-10,12,19,23H,6,8,11,13-16H2,1-3H3. The largest absolute Gasteiger partial charge is 0.365 e. The highest BCUT2D eigenvalue weighted by atomic mass is 16.2. The predicted octanol–water partition coefficient (Wildman–Crippen LogP) is 3.66. The molecule has 0 radical (unpaired) electrons. The van der Waals surface area contributed by atoms with Gasteiger partial charge in [0.25, 0.3) is 5.91 Å². The van der Waals surface area contributed by atoms with Crippen molar-refractivity contribution in [1.29, 1.82) is 0 Å². The van der Waals surface area contributed by atoms with E-state index in [2.05, 4.69) is 41.1 Å². The number of hydrogen-bond donors (Lipinski definition) is 1. The Morgan fingerprint density at radius 2 is 2.08 bits per heavy atom. The van der Waals surface area contributed by atoms with E-state index < -0.39 is 0 Å². The maximum atomic E-state index is 12.6. The van der Waals surface area contributed by atoms with E-state index in [1.165, 1.54) is 30.5 Å². The number of likely N-dealkylation sites (tertiary alicyclic amines) is 1. The van der Waals surface area contributed by atoms with E-state index in [0.717, 1.165) is 37.3 Å². The van der Waals surface area contributed by atoms with Crippen molar-refractivity contribution in [2.75, 3.05) is 33.2 Å². The third-order valence-corrected chi connectivity index (χ3v) is 5.62. The van der Waals surface area contributed by atoms with Crippen molar-refractivity contribution < 1.29 is 4.79 Å². The lowest BCUT2D eigenvalue weighted by Gasteiger charge is -2.34. The average Bonchev–Trinajstić information content (AvgIpc) is 3.06. The molecule has 4 nitrogen and oxygen atoms in total. The second-order valence-electron chi connectivity index (χ2n) is 7.69. The number of piperidine rings is 1. The van der Waals surface area contributed by atoms with Gasteiger partial charge in [-0.1, -0.05) is 24.3 Å². The molecule has 0 spiro atoms. The van der Waals surface area contributed by atoms with Gasteiger partial charge in [0, 0.05) is 38.6 Å². The molecule has 4 heteroatoms. The molecule has 0 bridgehead atoms. The van der Waals surface area contributed by atoms with E-state index in [-0.39, 0.29) is 5.91 Å². The van der Waals surface area contributed by atoms with Crippen molar-refractivity contribution in [2.24, 2.45) is 5.92 Å². The highest BCUT2D eigenvalue weighted by molar-refractivity contribution is 5.95. The first-order valence-electron chi connectivity index (χ1n) is 9.71. The van der Waals surface area contributed by atoms with Gasteiger partial charge < -0.3 is 14.8 Å². The van der Waals surface area contributed by atoms with Crippen LogP contribution in [0.15, 0.2) is 36.5 Å². The first-order valence-corrected chi connectivity index (χ1v) is 9.71. The SMILES string of the molecule is Cc1ccccc1CCN1CCCC(CN(C)C(=O)c2cc[nH]c2C)C1. The molecule has 1 atom stereocenters. The molecule has 1 aliphatic heterocycles. The maximum absolute atomic E-state index is 12.6. The fraction of sp³-hybridized carbons (Fsp3) is 0.500. The van der Waals surface area contributed by atoms with Gasteiger partial charge in [0.15, 0.2) is 0 Å². The van der Waals surface area contributed by atoms with E-state index in [0.29, 0.717) is 5.92 Å². The Morgan fingerprint density at radius 1 is 1.27 bits per heavy atom. The summed E-state index contributed by atoms with van der Waals surface area (Å²) in [6, 6.07) is 10.5. The number of hydrogen-bond acceptors (Lipinski definition) is 2. The molecule has 1 unspecified atom stereocenters.